The van der Waals surface area contributed by atoms with E-state index in [1.54, 1.807) is 35.5 Å². The summed E-state index contributed by atoms with van der Waals surface area (Å²) in [5.74, 6) is 0.953. The van der Waals surface area contributed by atoms with Crippen molar-refractivity contribution in [1.29, 1.82) is 0 Å². The number of fused-ring (bicyclic) bond motifs is 3. The number of ether oxygens (including phenoxy) is 2. The minimum Gasteiger partial charge on any atom is -0.454 e. The quantitative estimate of drug-likeness (QED) is 0.697. The van der Waals surface area contributed by atoms with Gasteiger partial charge in [0.1, 0.15) is 5.41 Å². The molecule has 2 unspecified atom stereocenters. The van der Waals surface area contributed by atoms with Crippen LogP contribution in [0.15, 0.2) is 67.0 Å². The Morgan fingerprint density at radius 1 is 1.10 bits per heavy atom. The normalized spacial score (nSPS) is 23.2. The molecule has 3 aliphatic heterocycles. The number of hydrogen-bond acceptors (Lipinski definition) is 5. The number of anilines is 1. The van der Waals surface area contributed by atoms with Gasteiger partial charge in [0.05, 0.1) is 6.04 Å². The Kier molecular flexibility index (Phi) is 3.80. The molecule has 1 saturated heterocycles. The molecule has 6 rings (SSSR count). The number of nitrogens with zero attached hydrogens (tertiary/aromatic N) is 2. The van der Waals surface area contributed by atoms with Crippen molar-refractivity contribution in [3.63, 3.8) is 0 Å². The highest BCUT2D eigenvalue weighted by atomic mass is 16.7. The van der Waals surface area contributed by atoms with Gasteiger partial charge in [-0.25, -0.2) is 0 Å². The maximum absolute atomic E-state index is 13.7. The van der Waals surface area contributed by atoms with Gasteiger partial charge in [-0.15, -0.1) is 0 Å². The smallest absolute Gasteiger partial charge is 0.254 e. The number of carbonyl (C=O) groups is 2. The number of aromatic nitrogens is 1. The summed E-state index contributed by atoms with van der Waals surface area (Å²) >= 11 is 0. The summed E-state index contributed by atoms with van der Waals surface area (Å²) in [5.41, 5.74) is 2.21. The molecule has 154 valence electrons. The molecule has 2 aromatic carbocycles. The van der Waals surface area contributed by atoms with E-state index in [2.05, 4.69) is 10.3 Å². The maximum atomic E-state index is 13.7. The molecule has 0 saturated carbocycles. The second-order valence-electron chi connectivity index (χ2n) is 7.98. The van der Waals surface area contributed by atoms with E-state index in [4.69, 9.17) is 9.47 Å². The molecular formula is C24H19N3O4. The van der Waals surface area contributed by atoms with E-state index in [9.17, 15) is 9.59 Å². The third-order valence-electron chi connectivity index (χ3n) is 6.47. The van der Waals surface area contributed by atoms with Crippen LogP contribution in [0.5, 0.6) is 11.5 Å². The number of benzene rings is 2. The van der Waals surface area contributed by atoms with Gasteiger partial charge in [0.2, 0.25) is 12.7 Å². The Labute approximate surface area is 178 Å². The van der Waals surface area contributed by atoms with Crippen LogP contribution in [0.3, 0.4) is 0 Å². The number of para-hydroxylation sites is 1. The van der Waals surface area contributed by atoms with Crippen molar-refractivity contribution >= 4 is 17.5 Å². The molecule has 2 amide bonds. The van der Waals surface area contributed by atoms with Gasteiger partial charge in [-0.05, 0) is 47.9 Å². The minimum atomic E-state index is -0.856. The summed E-state index contributed by atoms with van der Waals surface area (Å²) in [6, 6.07) is 16.2. The molecule has 1 spiro atoms. The Balaban J connectivity index is 1.48. The molecular weight excluding hydrogens is 394 g/mol. The van der Waals surface area contributed by atoms with E-state index < -0.39 is 11.5 Å². The number of pyridine rings is 1. The number of likely N-dealkylation sites (tertiary alicyclic amines) is 1. The summed E-state index contributed by atoms with van der Waals surface area (Å²) in [5, 5.41) is 3.03. The van der Waals surface area contributed by atoms with E-state index in [1.807, 2.05) is 36.4 Å². The van der Waals surface area contributed by atoms with Gasteiger partial charge in [0.25, 0.3) is 5.91 Å². The highest BCUT2D eigenvalue weighted by molar-refractivity contribution is 6.08. The van der Waals surface area contributed by atoms with E-state index in [0.29, 0.717) is 30.0 Å². The number of nitrogens with one attached hydrogen (secondary N) is 1. The molecule has 31 heavy (non-hydrogen) atoms. The maximum Gasteiger partial charge on any atom is 0.254 e. The fraction of sp³-hybridized carbons (Fsp3) is 0.208. The van der Waals surface area contributed by atoms with Crippen molar-refractivity contribution < 1.29 is 19.1 Å². The lowest BCUT2D eigenvalue weighted by Gasteiger charge is -2.34. The fourth-order valence-corrected chi connectivity index (χ4v) is 5.10. The predicted octanol–water partition coefficient (Wildman–Crippen LogP) is 3.29. The second kappa shape index (κ2) is 6.57. The lowest BCUT2D eigenvalue weighted by atomic mass is 9.73. The standard InChI is InChI=1S/C24H19N3O4/c28-22(15-7-8-19-20(12-15)31-14-30-19)27-11-9-24(21(27)16-4-3-10-25-13-16)17-5-1-2-6-18(17)26-23(24)29/h1-8,10,12-13,21H,9,11,14H2,(H,26,29). The van der Waals surface area contributed by atoms with Crippen molar-refractivity contribution in [2.45, 2.75) is 17.9 Å². The second-order valence-corrected chi connectivity index (χ2v) is 7.98. The first kappa shape index (κ1) is 17.9. The van der Waals surface area contributed by atoms with Gasteiger partial charge in [0.15, 0.2) is 11.5 Å². The van der Waals surface area contributed by atoms with Crippen molar-refractivity contribution in [1.82, 2.24) is 9.88 Å². The van der Waals surface area contributed by atoms with Crippen LogP contribution in [-0.2, 0) is 10.2 Å². The van der Waals surface area contributed by atoms with Gasteiger partial charge in [-0.1, -0.05) is 24.3 Å². The van der Waals surface area contributed by atoms with Gasteiger partial charge in [-0.2, -0.15) is 0 Å². The zero-order chi connectivity index (χ0) is 21.0. The first-order chi connectivity index (χ1) is 15.2. The van der Waals surface area contributed by atoms with Gasteiger partial charge in [-0.3, -0.25) is 14.6 Å². The number of hydrogen-bond donors (Lipinski definition) is 1. The van der Waals surface area contributed by atoms with Crippen molar-refractivity contribution in [2.75, 3.05) is 18.7 Å². The third kappa shape index (κ3) is 2.49. The molecule has 3 aromatic rings. The molecule has 3 aliphatic rings. The first-order valence-electron chi connectivity index (χ1n) is 10.2. The molecule has 7 nitrogen and oxygen atoms in total. The van der Waals surface area contributed by atoms with Crippen LogP contribution >= 0.6 is 0 Å². The van der Waals surface area contributed by atoms with E-state index in [1.165, 1.54) is 0 Å². The fourth-order valence-electron chi connectivity index (χ4n) is 5.10. The zero-order valence-corrected chi connectivity index (χ0v) is 16.6. The average Bonchev–Trinajstić information content (AvgIpc) is 3.51. The lowest BCUT2D eigenvalue weighted by Crippen LogP contribution is -2.42. The van der Waals surface area contributed by atoms with Gasteiger partial charge < -0.3 is 19.7 Å². The number of carbonyl (C=O) groups excluding carboxylic acids is 2. The Hall–Kier alpha value is -3.87. The predicted molar refractivity (Wildman–Crippen MR) is 112 cm³/mol. The van der Waals surface area contributed by atoms with E-state index in [-0.39, 0.29) is 18.6 Å². The van der Waals surface area contributed by atoms with Crippen molar-refractivity contribution in [3.05, 3.63) is 83.7 Å². The van der Waals surface area contributed by atoms with Crippen LogP contribution in [0, 0.1) is 0 Å². The molecule has 1 fully saturated rings. The van der Waals surface area contributed by atoms with Crippen LogP contribution in [0.4, 0.5) is 5.69 Å². The summed E-state index contributed by atoms with van der Waals surface area (Å²) in [6.45, 7) is 0.601. The Morgan fingerprint density at radius 3 is 2.84 bits per heavy atom. The van der Waals surface area contributed by atoms with E-state index >= 15 is 0 Å². The molecule has 0 aliphatic carbocycles. The Morgan fingerprint density at radius 2 is 1.97 bits per heavy atom. The molecule has 0 radical (unpaired) electrons. The van der Waals surface area contributed by atoms with Gasteiger partial charge >= 0.3 is 0 Å². The summed E-state index contributed by atoms with van der Waals surface area (Å²) < 4.78 is 10.8. The number of amides is 2. The van der Waals surface area contributed by atoms with Gasteiger partial charge in [0, 0.05) is 30.2 Å². The molecule has 2 atom stereocenters. The summed E-state index contributed by atoms with van der Waals surface area (Å²) in [4.78, 5) is 33.1. The molecule has 4 heterocycles. The zero-order valence-electron chi connectivity index (χ0n) is 16.6. The van der Waals surface area contributed by atoms with Crippen LogP contribution < -0.4 is 14.8 Å². The Bertz CT molecular complexity index is 1210. The van der Waals surface area contributed by atoms with Crippen LogP contribution in [0.2, 0.25) is 0 Å². The highest BCUT2D eigenvalue weighted by Crippen LogP contribution is 2.54. The average molecular weight is 413 g/mol. The SMILES string of the molecule is O=C(c1ccc2c(c1)OCO2)N1CCC2(C(=O)Nc3ccccc32)C1c1cccnc1. The third-order valence-corrected chi connectivity index (χ3v) is 6.47. The molecule has 0 bridgehead atoms. The lowest BCUT2D eigenvalue weighted by molar-refractivity contribution is -0.121. The first-order valence-corrected chi connectivity index (χ1v) is 10.2. The van der Waals surface area contributed by atoms with Crippen LogP contribution in [-0.4, -0.2) is 35.0 Å². The summed E-state index contributed by atoms with van der Waals surface area (Å²) in [6.07, 6.45) is 3.97. The molecule has 1 aromatic heterocycles. The number of rotatable bonds is 2. The topological polar surface area (TPSA) is 80.8 Å². The highest BCUT2D eigenvalue weighted by Gasteiger charge is 2.59. The molecule has 7 heteroatoms. The monoisotopic (exact) mass is 413 g/mol. The molecule has 1 N–H and O–H groups in total. The van der Waals surface area contributed by atoms with Crippen molar-refractivity contribution in [3.8, 4) is 11.5 Å². The largest absolute Gasteiger partial charge is 0.454 e. The van der Waals surface area contributed by atoms with E-state index in [0.717, 1.165) is 16.8 Å². The van der Waals surface area contributed by atoms with Crippen LogP contribution in [0.1, 0.15) is 33.9 Å². The summed E-state index contributed by atoms with van der Waals surface area (Å²) in [7, 11) is 0. The van der Waals surface area contributed by atoms with Crippen molar-refractivity contribution in [2.24, 2.45) is 0 Å². The minimum absolute atomic E-state index is 0.0801. The van der Waals surface area contributed by atoms with Crippen LogP contribution in [0.25, 0.3) is 0 Å².